The number of anilines is 1. The van der Waals surface area contributed by atoms with Crippen molar-refractivity contribution in [3.63, 3.8) is 0 Å². The molecule has 0 fully saturated rings. The summed E-state index contributed by atoms with van der Waals surface area (Å²) in [7, 11) is 2.97. The zero-order valence-electron chi connectivity index (χ0n) is 10.4. The van der Waals surface area contributed by atoms with Gasteiger partial charge in [-0.3, -0.25) is 14.9 Å². The van der Waals surface area contributed by atoms with Crippen LogP contribution in [0.3, 0.4) is 0 Å². The largest absolute Gasteiger partial charge is 0.452 e. The number of nitro groups is 1. The molecule has 0 radical (unpaired) electrons. The third-order valence-corrected chi connectivity index (χ3v) is 2.32. The molecule has 0 aliphatic heterocycles. The highest BCUT2D eigenvalue weighted by molar-refractivity contribution is 5.97. The summed E-state index contributed by atoms with van der Waals surface area (Å²) in [5.74, 6) is -1.28. The quantitative estimate of drug-likeness (QED) is 0.457. The number of esters is 1. The van der Waals surface area contributed by atoms with Crippen molar-refractivity contribution in [2.75, 3.05) is 26.0 Å². The first-order valence-electron chi connectivity index (χ1n) is 5.33. The lowest BCUT2D eigenvalue weighted by molar-refractivity contribution is -0.384. The molecule has 1 aromatic carbocycles. The van der Waals surface area contributed by atoms with Crippen LogP contribution >= 0.6 is 0 Å². The first kappa shape index (κ1) is 14.4. The van der Waals surface area contributed by atoms with Gasteiger partial charge < -0.3 is 15.4 Å². The number of likely N-dealkylation sites (N-methyl/N-ethyl adjacent to an activating group) is 1. The van der Waals surface area contributed by atoms with Crippen molar-refractivity contribution in [2.45, 2.75) is 0 Å². The molecule has 0 aromatic heterocycles. The molecular formula is C11H13N3O5. The predicted octanol–water partition coefficient (Wildman–Crippen LogP) is 0.539. The minimum Gasteiger partial charge on any atom is -0.452 e. The van der Waals surface area contributed by atoms with Crippen LogP contribution in [0.5, 0.6) is 0 Å². The molecule has 0 saturated heterocycles. The van der Waals surface area contributed by atoms with Crippen molar-refractivity contribution in [1.82, 2.24) is 5.32 Å². The monoisotopic (exact) mass is 267 g/mol. The number of rotatable bonds is 5. The fourth-order valence-corrected chi connectivity index (χ4v) is 1.31. The Hall–Kier alpha value is -2.64. The number of hydrogen-bond donors (Lipinski definition) is 2. The van der Waals surface area contributed by atoms with Crippen molar-refractivity contribution in [3.05, 3.63) is 33.9 Å². The van der Waals surface area contributed by atoms with Crippen LogP contribution in [0.1, 0.15) is 10.4 Å². The number of benzene rings is 1. The highest BCUT2D eigenvalue weighted by atomic mass is 16.6. The van der Waals surface area contributed by atoms with Gasteiger partial charge in [-0.1, -0.05) is 0 Å². The standard InChI is InChI=1S/C11H13N3O5/c1-12-9-4-3-7(14(17)18)5-8(9)11(16)19-6-10(15)13-2/h3-5,12H,6H2,1-2H3,(H,13,15). The molecule has 8 nitrogen and oxygen atoms in total. The summed E-state index contributed by atoms with van der Waals surface area (Å²) >= 11 is 0. The summed E-state index contributed by atoms with van der Waals surface area (Å²) in [4.78, 5) is 32.8. The van der Waals surface area contributed by atoms with Crippen LogP contribution in [0.4, 0.5) is 11.4 Å². The zero-order chi connectivity index (χ0) is 14.4. The average Bonchev–Trinajstić information content (AvgIpc) is 2.43. The number of non-ortho nitro benzene ring substituents is 1. The highest BCUT2D eigenvalue weighted by Gasteiger charge is 2.18. The second kappa shape index (κ2) is 6.34. The van der Waals surface area contributed by atoms with E-state index in [2.05, 4.69) is 10.6 Å². The van der Waals surface area contributed by atoms with Crippen LogP contribution < -0.4 is 10.6 Å². The molecule has 0 aliphatic carbocycles. The Kier molecular flexibility index (Phi) is 4.81. The summed E-state index contributed by atoms with van der Waals surface area (Å²) in [5, 5.41) is 15.7. The van der Waals surface area contributed by atoms with E-state index in [1.54, 1.807) is 7.05 Å². The minimum absolute atomic E-state index is 0.000558. The number of ether oxygens (including phenoxy) is 1. The van der Waals surface area contributed by atoms with Crippen LogP contribution in [-0.4, -0.2) is 37.5 Å². The molecule has 0 heterocycles. The summed E-state index contributed by atoms with van der Waals surface area (Å²) in [6.07, 6.45) is 0. The average molecular weight is 267 g/mol. The summed E-state index contributed by atoms with van der Waals surface area (Å²) in [6, 6.07) is 3.76. The Balaban J connectivity index is 2.96. The van der Waals surface area contributed by atoms with Crippen LogP contribution in [0.2, 0.25) is 0 Å². The van der Waals surface area contributed by atoms with Gasteiger partial charge in [0.05, 0.1) is 10.5 Å². The lowest BCUT2D eigenvalue weighted by Gasteiger charge is -2.08. The summed E-state index contributed by atoms with van der Waals surface area (Å²) in [6.45, 7) is -0.443. The Labute approximate surface area is 108 Å². The predicted molar refractivity (Wildman–Crippen MR) is 67.0 cm³/mol. The van der Waals surface area contributed by atoms with Gasteiger partial charge in [0.15, 0.2) is 6.61 Å². The fraction of sp³-hybridized carbons (Fsp3) is 0.273. The molecule has 1 rings (SSSR count). The molecule has 19 heavy (non-hydrogen) atoms. The second-order valence-electron chi connectivity index (χ2n) is 3.49. The maximum absolute atomic E-state index is 11.8. The molecule has 1 aromatic rings. The van der Waals surface area contributed by atoms with E-state index in [0.717, 1.165) is 6.07 Å². The fourth-order valence-electron chi connectivity index (χ4n) is 1.31. The molecule has 2 N–H and O–H groups in total. The Morgan fingerprint density at radius 1 is 1.37 bits per heavy atom. The van der Waals surface area contributed by atoms with Gasteiger partial charge in [0.1, 0.15) is 0 Å². The van der Waals surface area contributed by atoms with Gasteiger partial charge in [-0.25, -0.2) is 4.79 Å². The van der Waals surface area contributed by atoms with Gasteiger partial charge in [0.2, 0.25) is 0 Å². The number of amides is 1. The Morgan fingerprint density at radius 2 is 2.05 bits per heavy atom. The number of carbonyl (C=O) groups is 2. The van der Waals surface area contributed by atoms with E-state index < -0.39 is 23.4 Å². The van der Waals surface area contributed by atoms with Gasteiger partial charge in [-0.2, -0.15) is 0 Å². The number of nitrogens with zero attached hydrogens (tertiary/aromatic N) is 1. The first-order valence-corrected chi connectivity index (χ1v) is 5.33. The molecule has 0 spiro atoms. The third-order valence-electron chi connectivity index (χ3n) is 2.32. The molecule has 0 saturated carbocycles. The molecule has 1 amide bonds. The summed E-state index contributed by atoms with van der Waals surface area (Å²) in [5.41, 5.74) is 0.152. The van der Waals surface area contributed by atoms with Gasteiger partial charge in [-0.05, 0) is 6.07 Å². The lowest BCUT2D eigenvalue weighted by atomic mass is 10.1. The number of nitrogens with one attached hydrogen (secondary N) is 2. The number of carbonyl (C=O) groups excluding carboxylic acids is 2. The molecule has 8 heteroatoms. The van der Waals surface area contributed by atoms with E-state index in [-0.39, 0.29) is 11.3 Å². The van der Waals surface area contributed by atoms with Gasteiger partial charge in [0.25, 0.3) is 11.6 Å². The smallest absolute Gasteiger partial charge is 0.341 e. The van der Waals surface area contributed by atoms with E-state index in [0.29, 0.717) is 5.69 Å². The van der Waals surface area contributed by atoms with Crippen molar-refractivity contribution >= 4 is 23.3 Å². The number of nitro benzene ring substituents is 1. The lowest BCUT2D eigenvalue weighted by Crippen LogP contribution is -2.25. The molecule has 0 atom stereocenters. The van der Waals surface area contributed by atoms with Crippen molar-refractivity contribution in [2.24, 2.45) is 0 Å². The first-order chi connectivity index (χ1) is 8.99. The maximum atomic E-state index is 11.8. The van der Waals surface area contributed by atoms with Crippen LogP contribution in [0, 0.1) is 10.1 Å². The van der Waals surface area contributed by atoms with E-state index in [4.69, 9.17) is 4.74 Å². The second-order valence-corrected chi connectivity index (χ2v) is 3.49. The molecule has 102 valence electrons. The number of hydrogen-bond acceptors (Lipinski definition) is 6. The zero-order valence-corrected chi connectivity index (χ0v) is 10.4. The van der Waals surface area contributed by atoms with Gasteiger partial charge in [0, 0.05) is 31.9 Å². The van der Waals surface area contributed by atoms with E-state index in [1.165, 1.54) is 19.2 Å². The molecular weight excluding hydrogens is 254 g/mol. The van der Waals surface area contributed by atoms with Crippen molar-refractivity contribution in [1.29, 1.82) is 0 Å². The Bertz CT molecular complexity index is 515. The SMILES string of the molecule is CNC(=O)COC(=O)c1cc([N+](=O)[O-])ccc1NC. The Morgan fingerprint density at radius 3 is 2.58 bits per heavy atom. The summed E-state index contributed by atoms with van der Waals surface area (Å²) < 4.78 is 4.74. The van der Waals surface area contributed by atoms with Crippen LogP contribution in [-0.2, 0) is 9.53 Å². The van der Waals surface area contributed by atoms with Crippen LogP contribution in [0.25, 0.3) is 0 Å². The van der Waals surface area contributed by atoms with Gasteiger partial charge >= 0.3 is 5.97 Å². The molecule has 0 bridgehead atoms. The highest BCUT2D eigenvalue weighted by Crippen LogP contribution is 2.22. The topological polar surface area (TPSA) is 111 Å². The van der Waals surface area contributed by atoms with E-state index in [1.807, 2.05) is 0 Å². The van der Waals surface area contributed by atoms with Crippen molar-refractivity contribution < 1.29 is 19.2 Å². The molecule has 0 aliphatic rings. The molecule has 0 unspecified atom stereocenters. The van der Waals surface area contributed by atoms with E-state index in [9.17, 15) is 19.7 Å². The maximum Gasteiger partial charge on any atom is 0.341 e. The third kappa shape index (κ3) is 3.66. The van der Waals surface area contributed by atoms with Gasteiger partial charge in [-0.15, -0.1) is 0 Å². The van der Waals surface area contributed by atoms with E-state index >= 15 is 0 Å². The normalized spacial score (nSPS) is 9.58. The van der Waals surface area contributed by atoms with Crippen LogP contribution in [0.15, 0.2) is 18.2 Å². The van der Waals surface area contributed by atoms with Crippen molar-refractivity contribution in [3.8, 4) is 0 Å². The minimum atomic E-state index is -0.809.